The summed E-state index contributed by atoms with van der Waals surface area (Å²) in [6.07, 6.45) is 4.03. The van der Waals surface area contributed by atoms with Gasteiger partial charge in [-0.25, -0.2) is 0 Å². The van der Waals surface area contributed by atoms with Crippen molar-refractivity contribution >= 4 is 5.97 Å². The van der Waals surface area contributed by atoms with Gasteiger partial charge in [-0.2, -0.15) is 8.78 Å². The van der Waals surface area contributed by atoms with Crippen LogP contribution in [0.2, 0.25) is 0 Å². The predicted molar refractivity (Wildman–Crippen MR) is 111 cm³/mol. The minimum Gasteiger partial charge on any atom is -0.463 e. The van der Waals surface area contributed by atoms with Gasteiger partial charge in [0.1, 0.15) is 6.10 Å². The Labute approximate surface area is 184 Å². The monoisotopic (exact) mass is 438 g/mol. The SMILES string of the molecule is CC(=O)O[C@H]1CC[C@]2(C)C3CC[C@]4(C)C(=C(F)F)CCC4C3[C@H]3OC(C)(C)O[C@@H]3C2C1. The number of halogens is 2. The molecule has 31 heavy (non-hydrogen) atoms. The quantitative estimate of drug-likeness (QED) is 0.482. The van der Waals surface area contributed by atoms with E-state index in [2.05, 4.69) is 13.8 Å². The van der Waals surface area contributed by atoms with Crippen LogP contribution in [0.4, 0.5) is 8.78 Å². The van der Waals surface area contributed by atoms with Crippen molar-refractivity contribution in [2.45, 2.75) is 104 Å². The number of carbonyl (C=O) groups excluding carboxylic acids is 1. The van der Waals surface area contributed by atoms with Crippen molar-refractivity contribution in [3.63, 3.8) is 0 Å². The molecule has 0 N–H and O–H groups in total. The lowest BCUT2D eigenvalue weighted by Gasteiger charge is -2.62. The van der Waals surface area contributed by atoms with E-state index in [0.717, 1.165) is 38.5 Å². The van der Waals surface area contributed by atoms with Crippen molar-refractivity contribution in [3.05, 3.63) is 11.7 Å². The van der Waals surface area contributed by atoms with Crippen molar-refractivity contribution in [2.24, 2.45) is 34.5 Å². The van der Waals surface area contributed by atoms with Gasteiger partial charge in [0.25, 0.3) is 6.08 Å². The van der Waals surface area contributed by atoms with Gasteiger partial charge in [-0.3, -0.25) is 4.79 Å². The number of ether oxygens (including phenoxy) is 3. The third kappa shape index (κ3) is 3.14. The van der Waals surface area contributed by atoms with E-state index < -0.39 is 17.3 Å². The Morgan fingerprint density at radius 1 is 0.968 bits per heavy atom. The van der Waals surface area contributed by atoms with Crippen LogP contribution in [0.15, 0.2) is 11.7 Å². The zero-order valence-corrected chi connectivity index (χ0v) is 19.4. The van der Waals surface area contributed by atoms with Crippen LogP contribution in [0.5, 0.6) is 0 Å². The number of hydrogen-bond acceptors (Lipinski definition) is 4. The first-order valence-corrected chi connectivity index (χ1v) is 12.0. The van der Waals surface area contributed by atoms with E-state index in [9.17, 15) is 13.6 Å². The number of carbonyl (C=O) groups is 1. The molecule has 0 amide bonds. The van der Waals surface area contributed by atoms with Crippen molar-refractivity contribution in [1.82, 2.24) is 0 Å². The lowest BCUT2D eigenvalue weighted by Crippen LogP contribution is -2.63. The molecule has 5 rings (SSSR count). The molecule has 5 fully saturated rings. The molecule has 0 aromatic carbocycles. The van der Waals surface area contributed by atoms with Crippen molar-refractivity contribution in [3.8, 4) is 0 Å². The minimum atomic E-state index is -1.47. The Morgan fingerprint density at radius 3 is 2.35 bits per heavy atom. The van der Waals surface area contributed by atoms with Gasteiger partial charge in [-0.15, -0.1) is 0 Å². The molecule has 0 aromatic heterocycles. The molecule has 6 heteroatoms. The maximum absolute atomic E-state index is 13.8. The highest BCUT2D eigenvalue weighted by Crippen LogP contribution is 2.69. The van der Waals surface area contributed by atoms with Crippen LogP contribution < -0.4 is 0 Å². The summed E-state index contributed by atoms with van der Waals surface area (Å²) in [7, 11) is 0. The Morgan fingerprint density at radius 2 is 1.68 bits per heavy atom. The summed E-state index contributed by atoms with van der Waals surface area (Å²) in [5.74, 6) is 0.197. The molecule has 1 saturated heterocycles. The minimum absolute atomic E-state index is 0.0499. The summed E-state index contributed by atoms with van der Waals surface area (Å²) in [6.45, 7) is 9.86. The molecular weight excluding hydrogens is 402 g/mol. The lowest BCUT2D eigenvalue weighted by atomic mass is 9.43. The molecule has 4 aliphatic carbocycles. The zero-order valence-electron chi connectivity index (χ0n) is 19.4. The average Bonchev–Trinajstić information content (AvgIpc) is 3.18. The van der Waals surface area contributed by atoms with Crippen molar-refractivity contribution in [1.29, 1.82) is 0 Å². The molecule has 0 spiro atoms. The van der Waals surface area contributed by atoms with Crippen LogP contribution in [0.3, 0.4) is 0 Å². The Hall–Kier alpha value is -1.01. The molecule has 5 aliphatic rings. The van der Waals surface area contributed by atoms with Gasteiger partial charge in [0.15, 0.2) is 5.79 Å². The fourth-order valence-corrected chi connectivity index (χ4v) is 8.61. The third-order valence-corrected chi connectivity index (χ3v) is 9.83. The third-order valence-electron chi connectivity index (χ3n) is 9.83. The number of hydrogen-bond donors (Lipinski definition) is 0. The van der Waals surface area contributed by atoms with E-state index in [1.165, 1.54) is 6.92 Å². The summed E-state index contributed by atoms with van der Waals surface area (Å²) in [4.78, 5) is 11.6. The van der Waals surface area contributed by atoms with E-state index in [-0.39, 0.29) is 47.4 Å². The molecule has 1 heterocycles. The van der Waals surface area contributed by atoms with Crippen molar-refractivity contribution in [2.75, 3.05) is 0 Å². The average molecular weight is 439 g/mol. The maximum atomic E-state index is 13.8. The highest BCUT2D eigenvalue weighted by Gasteiger charge is 2.68. The maximum Gasteiger partial charge on any atom is 0.302 e. The standard InChI is InChI=1S/C25H36F2O4/c1-13(28)29-14-8-10-25(5)16-9-11-24(4)15(6-7-17(24)22(26)27)19(16)21-20(18(25)12-14)30-23(2,3)31-21/h14-16,18-21H,6-12H2,1-5H3/t14-,15?,16?,18?,19?,20+,21+,24-,25+/m0/s1. The van der Waals surface area contributed by atoms with E-state index in [1.807, 2.05) is 13.8 Å². The van der Waals surface area contributed by atoms with Gasteiger partial charge < -0.3 is 14.2 Å². The van der Waals surface area contributed by atoms with E-state index >= 15 is 0 Å². The summed E-state index contributed by atoms with van der Waals surface area (Å²) in [5.41, 5.74) is 0.00382. The molecule has 4 nitrogen and oxygen atoms in total. The first kappa shape index (κ1) is 21.8. The molecule has 1 aliphatic heterocycles. The largest absolute Gasteiger partial charge is 0.463 e. The Kier molecular flexibility index (Phi) is 4.92. The smallest absolute Gasteiger partial charge is 0.302 e. The van der Waals surface area contributed by atoms with Gasteiger partial charge in [0.05, 0.1) is 12.2 Å². The van der Waals surface area contributed by atoms with E-state index in [4.69, 9.17) is 14.2 Å². The summed E-state index contributed by atoms with van der Waals surface area (Å²) < 4.78 is 46.4. The molecule has 4 saturated carbocycles. The van der Waals surface area contributed by atoms with Crippen LogP contribution >= 0.6 is 0 Å². The van der Waals surface area contributed by atoms with Gasteiger partial charge in [0, 0.05) is 12.5 Å². The molecular formula is C25H36F2O4. The second-order valence-corrected chi connectivity index (χ2v) is 11.7. The topological polar surface area (TPSA) is 44.8 Å². The second-order valence-electron chi connectivity index (χ2n) is 11.7. The first-order chi connectivity index (χ1) is 14.5. The number of rotatable bonds is 1. The van der Waals surface area contributed by atoms with Crippen LogP contribution in [-0.2, 0) is 19.0 Å². The molecule has 4 unspecified atom stereocenters. The summed E-state index contributed by atoms with van der Waals surface area (Å²) in [6, 6.07) is 0. The normalized spacial score (nSPS) is 50.2. The fourth-order valence-electron chi connectivity index (χ4n) is 8.61. The Balaban J connectivity index is 1.54. The number of allylic oxidation sites excluding steroid dienone is 1. The van der Waals surface area contributed by atoms with E-state index in [0.29, 0.717) is 17.9 Å². The van der Waals surface area contributed by atoms with Crippen molar-refractivity contribution < 1.29 is 27.8 Å². The molecule has 0 radical (unpaired) electrons. The highest BCUT2D eigenvalue weighted by atomic mass is 19.3. The molecule has 174 valence electrons. The first-order valence-electron chi connectivity index (χ1n) is 12.0. The second kappa shape index (κ2) is 6.99. The Bertz CT molecular complexity index is 805. The van der Waals surface area contributed by atoms with Crippen LogP contribution in [-0.4, -0.2) is 30.1 Å². The summed E-state index contributed by atoms with van der Waals surface area (Å²) in [5, 5.41) is 0. The van der Waals surface area contributed by atoms with Gasteiger partial charge >= 0.3 is 5.97 Å². The highest BCUT2D eigenvalue weighted by molar-refractivity contribution is 5.66. The molecule has 0 bridgehead atoms. The van der Waals surface area contributed by atoms with Gasteiger partial charge in [-0.05, 0) is 93.3 Å². The molecule has 9 atom stereocenters. The van der Waals surface area contributed by atoms with Crippen LogP contribution in [0, 0.1) is 34.5 Å². The number of esters is 1. The van der Waals surface area contributed by atoms with Crippen LogP contribution in [0.25, 0.3) is 0 Å². The van der Waals surface area contributed by atoms with Crippen LogP contribution in [0.1, 0.15) is 79.6 Å². The predicted octanol–water partition coefficient (Wildman–Crippen LogP) is 5.85. The van der Waals surface area contributed by atoms with Gasteiger partial charge in [-0.1, -0.05) is 13.8 Å². The number of fused-ring (bicyclic) bond motifs is 8. The van der Waals surface area contributed by atoms with Gasteiger partial charge in [0.2, 0.25) is 0 Å². The molecule has 0 aromatic rings. The summed E-state index contributed by atoms with van der Waals surface area (Å²) >= 11 is 0. The fraction of sp³-hybridized carbons (Fsp3) is 0.880. The zero-order chi connectivity index (χ0) is 22.3. The lowest BCUT2D eigenvalue weighted by molar-refractivity contribution is -0.190. The van der Waals surface area contributed by atoms with E-state index in [1.54, 1.807) is 0 Å².